The van der Waals surface area contributed by atoms with Crippen molar-refractivity contribution in [2.24, 2.45) is 5.73 Å². The zero-order chi connectivity index (χ0) is 19.4. The highest BCUT2D eigenvalue weighted by atomic mass is 16.3. The van der Waals surface area contributed by atoms with Gasteiger partial charge in [0.05, 0.1) is 6.10 Å². The molecule has 1 atom stereocenters. The van der Waals surface area contributed by atoms with Gasteiger partial charge in [-0.25, -0.2) is 0 Å². The number of primary amides is 1. The van der Waals surface area contributed by atoms with Gasteiger partial charge in [-0.1, -0.05) is 48.5 Å². The van der Waals surface area contributed by atoms with E-state index >= 15 is 0 Å². The second-order valence-electron chi connectivity index (χ2n) is 7.09. The quantitative estimate of drug-likeness (QED) is 0.645. The first-order chi connectivity index (χ1) is 13.0. The normalized spacial score (nSPS) is 12.6. The van der Waals surface area contributed by atoms with E-state index in [1.54, 1.807) is 0 Å². The molecule has 1 amide bonds. The van der Waals surface area contributed by atoms with Gasteiger partial charge < -0.3 is 20.3 Å². The Morgan fingerprint density at radius 2 is 1.81 bits per heavy atom. The first-order valence-electron chi connectivity index (χ1n) is 9.24. The minimum absolute atomic E-state index is 0.183. The third kappa shape index (κ3) is 4.38. The minimum atomic E-state index is -0.467. The van der Waals surface area contributed by atoms with Crippen LogP contribution in [0.25, 0.3) is 10.9 Å². The van der Waals surface area contributed by atoms with Crippen LogP contribution in [0.3, 0.4) is 0 Å². The van der Waals surface area contributed by atoms with Crippen molar-refractivity contribution in [3.05, 3.63) is 71.4 Å². The van der Waals surface area contributed by atoms with Gasteiger partial charge in [0.15, 0.2) is 0 Å². The Balaban J connectivity index is 1.74. The van der Waals surface area contributed by atoms with E-state index in [0.29, 0.717) is 6.42 Å². The summed E-state index contributed by atoms with van der Waals surface area (Å²) in [6.07, 6.45) is 0.199. The van der Waals surface area contributed by atoms with Gasteiger partial charge in [-0.2, -0.15) is 0 Å². The van der Waals surface area contributed by atoms with Crippen LogP contribution in [-0.2, 0) is 17.9 Å². The Morgan fingerprint density at radius 3 is 2.52 bits per heavy atom. The summed E-state index contributed by atoms with van der Waals surface area (Å²) in [7, 11) is 2.05. The van der Waals surface area contributed by atoms with Gasteiger partial charge in [0.2, 0.25) is 5.91 Å². The molecule has 3 N–H and O–H groups in total. The van der Waals surface area contributed by atoms with Crippen molar-refractivity contribution in [2.45, 2.75) is 32.5 Å². The minimum Gasteiger partial charge on any atom is -0.388 e. The summed E-state index contributed by atoms with van der Waals surface area (Å²) in [4.78, 5) is 13.7. The third-order valence-electron chi connectivity index (χ3n) is 5.07. The molecule has 2 aromatic carbocycles. The molecule has 0 unspecified atom stereocenters. The van der Waals surface area contributed by atoms with Crippen LogP contribution in [0.15, 0.2) is 54.6 Å². The van der Waals surface area contributed by atoms with Crippen molar-refractivity contribution in [1.82, 2.24) is 9.47 Å². The van der Waals surface area contributed by atoms with Crippen molar-refractivity contribution in [3.8, 4) is 0 Å². The molecule has 1 heterocycles. The standard InChI is InChI=1S/C22H27N3O2/c1-16-19(18-10-6-7-11-20(18)25(16)15-22(23)27)14-24(2)13-12-21(26)17-8-4-3-5-9-17/h3-11,21,26H,12-15H2,1-2H3,(H2,23,27)/t21-/m0/s1. The summed E-state index contributed by atoms with van der Waals surface area (Å²) in [6, 6.07) is 17.8. The van der Waals surface area contributed by atoms with Crippen molar-refractivity contribution in [1.29, 1.82) is 0 Å². The second kappa shape index (κ2) is 8.37. The molecule has 0 aliphatic rings. The van der Waals surface area contributed by atoms with E-state index in [2.05, 4.69) is 18.0 Å². The van der Waals surface area contributed by atoms with E-state index in [-0.39, 0.29) is 12.5 Å². The average Bonchev–Trinajstić information content (AvgIpc) is 2.92. The number of nitrogens with two attached hydrogens (primary N) is 1. The summed E-state index contributed by atoms with van der Waals surface area (Å²) in [6.45, 7) is 3.73. The van der Waals surface area contributed by atoms with Crippen LogP contribution < -0.4 is 5.73 Å². The van der Waals surface area contributed by atoms with E-state index in [9.17, 15) is 9.90 Å². The molecule has 0 fully saturated rings. The Hall–Kier alpha value is -2.63. The number of amides is 1. The van der Waals surface area contributed by atoms with Crippen LogP contribution in [0.1, 0.15) is 29.3 Å². The number of aliphatic hydroxyl groups excluding tert-OH is 1. The maximum atomic E-state index is 11.5. The molecular formula is C22H27N3O2. The molecule has 0 saturated heterocycles. The number of aromatic nitrogens is 1. The SMILES string of the molecule is Cc1c(CN(C)CC[C@H](O)c2ccccc2)c2ccccc2n1CC(N)=O. The number of aliphatic hydroxyl groups is 1. The topological polar surface area (TPSA) is 71.5 Å². The molecular weight excluding hydrogens is 338 g/mol. The average molecular weight is 365 g/mol. The smallest absolute Gasteiger partial charge is 0.237 e. The summed E-state index contributed by atoms with van der Waals surface area (Å²) in [5.74, 6) is -0.343. The third-order valence-corrected chi connectivity index (χ3v) is 5.07. The van der Waals surface area contributed by atoms with Crippen LogP contribution in [0, 0.1) is 6.92 Å². The van der Waals surface area contributed by atoms with Gasteiger partial charge in [-0.05, 0) is 37.6 Å². The Bertz CT molecular complexity index is 918. The molecule has 0 bridgehead atoms. The maximum absolute atomic E-state index is 11.5. The summed E-state index contributed by atoms with van der Waals surface area (Å²) in [5, 5.41) is 11.5. The van der Waals surface area contributed by atoms with Gasteiger partial charge in [0.1, 0.15) is 6.54 Å². The number of hydrogen-bond donors (Lipinski definition) is 2. The Kier molecular flexibility index (Phi) is 5.94. The highest BCUT2D eigenvalue weighted by Gasteiger charge is 2.17. The van der Waals surface area contributed by atoms with Gasteiger partial charge in [0.25, 0.3) is 0 Å². The van der Waals surface area contributed by atoms with Crippen molar-refractivity contribution in [3.63, 3.8) is 0 Å². The molecule has 5 nitrogen and oxygen atoms in total. The molecule has 3 rings (SSSR count). The lowest BCUT2D eigenvalue weighted by Gasteiger charge is -2.19. The number of fused-ring (bicyclic) bond motifs is 1. The highest BCUT2D eigenvalue weighted by molar-refractivity contribution is 5.87. The molecule has 5 heteroatoms. The van der Waals surface area contributed by atoms with Crippen molar-refractivity contribution < 1.29 is 9.90 Å². The number of rotatable bonds is 8. The number of carbonyl (C=O) groups is 1. The fraction of sp³-hybridized carbons (Fsp3) is 0.318. The first-order valence-corrected chi connectivity index (χ1v) is 9.24. The molecule has 3 aromatic rings. The fourth-order valence-corrected chi connectivity index (χ4v) is 3.60. The predicted octanol–water partition coefficient (Wildman–Crippen LogP) is 2.99. The lowest BCUT2D eigenvalue weighted by Crippen LogP contribution is -2.22. The Morgan fingerprint density at radius 1 is 1.15 bits per heavy atom. The monoisotopic (exact) mass is 365 g/mol. The van der Waals surface area contributed by atoms with Crippen LogP contribution in [-0.4, -0.2) is 34.1 Å². The first kappa shape index (κ1) is 19.1. The predicted molar refractivity (Wildman–Crippen MR) is 108 cm³/mol. The number of nitrogens with zero attached hydrogens (tertiary/aromatic N) is 2. The number of carbonyl (C=O) groups excluding carboxylic acids is 1. The zero-order valence-electron chi connectivity index (χ0n) is 15.9. The van der Waals surface area contributed by atoms with Crippen molar-refractivity contribution >= 4 is 16.8 Å². The van der Waals surface area contributed by atoms with E-state index in [1.807, 2.05) is 60.0 Å². The molecule has 0 saturated carbocycles. The van der Waals surface area contributed by atoms with Gasteiger partial charge in [0, 0.05) is 29.7 Å². The molecule has 142 valence electrons. The van der Waals surface area contributed by atoms with Crippen LogP contribution >= 0.6 is 0 Å². The molecule has 0 aliphatic carbocycles. The summed E-state index contributed by atoms with van der Waals surface area (Å²) < 4.78 is 1.99. The molecule has 0 spiro atoms. The van der Waals surface area contributed by atoms with E-state index in [4.69, 9.17) is 5.73 Å². The molecule has 1 aromatic heterocycles. The fourth-order valence-electron chi connectivity index (χ4n) is 3.60. The highest BCUT2D eigenvalue weighted by Crippen LogP contribution is 2.27. The summed E-state index contributed by atoms with van der Waals surface area (Å²) in [5.41, 5.74) is 9.67. The van der Waals surface area contributed by atoms with Gasteiger partial charge in [-0.15, -0.1) is 0 Å². The lowest BCUT2D eigenvalue weighted by atomic mass is 10.1. The number of para-hydroxylation sites is 1. The molecule has 0 radical (unpaired) electrons. The van der Waals surface area contributed by atoms with E-state index in [1.165, 1.54) is 5.56 Å². The zero-order valence-corrected chi connectivity index (χ0v) is 15.9. The van der Waals surface area contributed by atoms with E-state index in [0.717, 1.165) is 35.2 Å². The Labute approximate surface area is 160 Å². The van der Waals surface area contributed by atoms with Crippen LogP contribution in [0.5, 0.6) is 0 Å². The largest absolute Gasteiger partial charge is 0.388 e. The molecule has 27 heavy (non-hydrogen) atoms. The van der Waals surface area contributed by atoms with Gasteiger partial charge >= 0.3 is 0 Å². The number of benzene rings is 2. The van der Waals surface area contributed by atoms with Gasteiger partial charge in [-0.3, -0.25) is 4.79 Å². The maximum Gasteiger partial charge on any atom is 0.237 e. The number of hydrogen-bond acceptors (Lipinski definition) is 3. The van der Waals surface area contributed by atoms with Crippen molar-refractivity contribution in [2.75, 3.05) is 13.6 Å². The lowest BCUT2D eigenvalue weighted by molar-refractivity contribution is -0.118. The molecule has 0 aliphatic heterocycles. The second-order valence-corrected chi connectivity index (χ2v) is 7.09. The van der Waals surface area contributed by atoms with Crippen LogP contribution in [0.2, 0.25) is 0 Å². The van der Waals surface area contributed by atoms with Crippen LogP contribution in [0.4, 0.5) is 0 Å². The van der Waals surface area contributed by atoms with E-state index < -0.39 is 6.10 Å². The summed E-state index contributed by atoms with van der Waals surface area (Å²) >= 11 is 0.